The molecule has 1 aliphatic carbocycles. The Labute approximate surface area is 175 Å². The summed E-state index contributed by atoms with van der Waals surface area (Å²) in [5.41, 5.74) is 3.94. The largest absolute Gasteiger partial charge is 4.00 e. The smallest absolute Gasteiger partial charge is 1.00 e. The molecule has 1 nitrogen and oxygen atoms in total. The number of hydrogen-bond donors (Lipinski definition) is 0. The van der Waals surface area contributed by atoms with Gasteiger partial charge in [0.2, 0.25) is 0 Å². The molecule has 3 aromatic rings. The standard InChI is InChI=1S/C15H14N.C5H5.2ClH.Hf/c1-11-5-6-12(2)15-10-13(9-14(11)15)16-7-3-4-8-16;1-2-4-5-3-1;;;/h3-10H,1-2H3;1-3H,4H2;2*1H;/q2*-1;;;+4/p-2. The molecular weight excluding hydrogens is 504 g/mol. The number of nitrogens with zero attached hydrogens (tertiary/aromatic N) is 1. The van der Waals surface area contributed by atoms with Crippen LogP contribution in [-0.4, -0.2) is 4.57 Å². The fourth-order valence-corrected chi connectivity index (χ4v) is 2.57. The van der Waals surface area contributed by atoms with Gasteiger partial charge in [0.15, 0.2) is 0 Å². The summed E-state index contributed by atoms with van der Waals surface area (Å²) in [6, 6.07) is 13.0. The molecule has 0 N–H and O–H groups in total. The van der Waals surface area contributed by atoms with Crippen LogP contribution >= 0.6 is 0 Å². The van der Waals surface area contributed by atoms with Crippen LogP contribution in [0.15, 0.2) is 67.0 Å². The Hall–Kier alpha value is -0.960. The van der Waals surface area contributed by atoms with E-state index in [1.54, 1.807) is 0 Å². The van der Waals surface area contributed by atoms with Crippen LogP contribution in [0.1, 0.15) is 17.5 Å². The number of rotatable bonds is 1. The third-order valence-corrected chi connectivity index (χ3v) is 3.80. The Morgan fingerprint density at radius 2 is 1.71 bits per heavy atom. The molecule has 0 saturated heterocycles. The summed E-state index contributed by atoms with van der Waals surface area (Å²) in [5, 5.41) is 2.73. The fraction of sp³-hybridized carbons (Fsp3) is 0.150. The van der Waals surface area contributed by atoms with Crippen LogP contribution in [-0.2, 0) is 25.8 Å². The van der Waals surface area contributed by atoms with Crippen LogP contribution in [0, 0.1) is 19.9 Å². The summed E-state index contributed by atoms with van der Waals surface area (Å²) < 4.78 is 2.15. The first-order chi connectivity index (χ1) is 10.3. The maximum Gasteiger partial charge on any atom is 4.00 e. The van der Waals surface area contributed by atoms with Gasteiger partial charge in [-0.05, 0) is 24.7 Å². The van der Waals surface area contributed by atoms with Crippen molar-refractivity contribution in [1.82, 2.24) is 4.57 Å². The van der Waals surface area contributed by atoms with Crippen molar-refractivity contribution in [3.05, 3.63) is 84.2 Å². The second kappa shape index (κ2) is 10.8. The molecule has 2 aromatic carbocycles. The Balaban J connectivity index is 0.000000578. The second-order valence-corrected chi connectivity index (χ2v) is 5.33. The van der Waals surface area contributed by atoms with Crippen LogP contribution in [0.25, 0.3) is 16.5 Å². The van der Waals surface area contributed by atoms with E-state index in [2.05, 4.69) is 79.4 Å². The van der Waals surface area contributed by atoms with Crippen LogP contribution in [0.4, 0.5) is 0 Å². The van der Waals surface area contributed by atoms with E-state index in [4.69, 9.17) is 0 Å². The predicted molar refractivity (Wildman–Crippen MR) is 89.9 cm³/mol. The molecule has 24 heavy (non-hydrogen) atoms. The third-order valence-electron chi connectivity index (χ3n) is 3.80. The number of hydrogen-bond acceptors (Lipinski definition) is 0. The molecule has 0 aliphatic heterocycles. The zero-order valence-electron chi connectivity index (χ0n) is 13.8. The van der Waals surface area contributed by atoms with Gasteiger partial charge in [-0.2, -0.15) is 6.08 Å². The van der Waals surface area contributed by atoms with E-state index in [-0.39, 0.29) is 50.7 Å². The molecule has 4 heteroatoms. The van der Waals surface area contributed by atoms with E-state index in [0.717, 1.165) is 6.42 Å². The number of halogens is 2. The van der Waals surface area contributed by atoms with Gasteiger partial charge in [-0.25, -0.2) is 12.2 Å². The Morgan fingerprint density at radius 1 is 1.04 bits per heavy atom. The minimum absolute atomic E-state index is 0. The molecule has 0 fully saturated rings. The monoisotopic (exact) mass is 523 g/mol. The molecule has 0 radical (unpaired) electrons. The fourth-order valence-electron chi connectivity index (χ4n) is 2.57. The molecule has 0 saturated carbocycles. The summed E-state index contributed by atoms with van der Waals surface area (Å²) in [4.78, 5) is 0. The molecular formula is C20H19Cl2HfN. The van der Waals surface area contributed by atoms with Gasteiger partial charge in [0.05, 0.1) is 0 Å². The van der Waals surface area contributed by atoms with Crippen molar-refractivity contribution in [3.8, 4) is 5.69 Å². The average molecular weight is 523 g/mol. The average Bonchev–Trinajstić information content (AvgIpc) is 3.26. The van der Waals surface area contributed by atoms with Gasteiger partial charge in [-0.15, -0.1) is 41.0 Å². The summed E-state index contributed by atoms with van der Waals surface area (Å²) in [6.07, 6.45) is 14.2. The van der Waals surface area contributed by atoms with E-state index >= 15 is 0 Å². The Morgan fingerprint density at radius 3 is 2.21 bits per heavy atom. The Kier molecular flexibility index (Phi) is 10.4. The van der Waals surface area contributed by atoms with Crippen molar-refractivity contribution in [1.29, 1.82) is 0 Å². The Bertz CT molecular complexity index is 750. The molecule has 0 bridgehead atoms. The SMILES string of the molecule is Cc1ccc(C)c2[cH-]c(-n3cccc3)cc12.[C-]1=CC=CC1.[Cl-].[Cl-].[Hf+4]. The number of aromatic nitrogens is 1. The minimum Gasteiger partial charge on any atom is -1.00 e. The van der Waals surface area contributed by atoms with Crippen LogP contribution in [0.3, 0.4) is 0 Å². The van der Waals surface area contributed by atoms with Crippen molar-refractivity contribution >= 4 is 10.8 Å². The van der Waals surface area contributed by atoms with Gasteiger partial charge >= 0.3 is 25.8 Å². The first-order valence-corrected chi connectivity index (χ1v) is 7.27. The third kappa shape index (κ3) is 5.27. The molecule has 0 spiro atoms. The van der Waals surface area contributed by atoms with Crippen LogP contribution in [0.5, 0.6) is 0 Å². The van der Waals surface area contributed by atoms with E-state index in [0.29, 0.717) is 0 Å². The number of aryl methyl sites for hydroxylation is 2. The maximum atomic E-state index is 2.99. The van der Waals surface area contributed by atoms with Crippen LogP contribution in [0.2, 0.25) is 0 Å². The summed E-state index contributed by atoms with van der Waals surface area (Å²) in [5.74, 6) is 0. The van der Waals surface area contributed by atoms with E-state index < -0.39 is 0 Å². The van der Waals surface area contributed by atoms with Gasteiger partial charge in [0.25, 0.3) is 0 Å². The van der Waals surface area contributed by atoms with Crippen molar-refractivity contribution in [2.45, 2.75) is 20.3 Å². The first kappa shape index (κ1) is 23.0. The molecule has 122 valence electrons. The number of benzene rings is 1. The molecule has 0 unspecified atom stereocenters. The topological polar surface area (TPSA) is 4.93 Å². The molecule has 4 rings (SSSR count). The zero-order chi connectivity index (χ0) is 14.7. The maximum absolute atomic E-state index is 2.99. The summed E-state index contributed by atoms with van der Waals surface area (Å²) in [6.45, 7) is 4.34. The van der Waals surface area contributed by atoms with Crippen molar-refractivity contribution in [3.63, 3.8) is 0 Å². The van der Waals surface area contributed by atoms with E-state index in [1.165, 1.54) is 27.6 Å². The quantitative estimate of drug-likeness (QED) is 0.294. The zero-order valence-corrected chi connectivity index (χ0v) is 18.9. The van der Waals surface area contributed by atoms with Gasteiger partial charge in [0, 0.05) is 12.4 Å². The normalized spacial score (nSPS) is 11.1. The second-order valence-electron chi connectivity index (χ2n) is 5.33. The molecule has 1 heterocycles. The molecule has 0 amide bonds. The van der Waals surface area contributed by atoms with Crippen molar-refractivity contribution < 1.29 is 50.7 Å². The van der Waals surface area contributed by atoms with Gasteiger partial charge in [-0.3, -0.25) is 6.08 Å². The summed E-state index contributed by atoms with van der Waals surface area (Å²) in [7, 11) is 0. The van der Waals surface area contributed by atoms with Crippen molar-refractivity contribution in [2.24, 2.45) is 0 Å². The molecule has 0 atom stereocenters. The number of allylic oxidation sites excluding steroid dienone is 4. The van der Waals surface area contributed by atoms with Crippen molar-refractivity contribution in [2.75, 3.05) is 0 Å². The van der Waals surface area contributed by atoms with E-state index in [1.807, 2.05) is 12.2 Å². The van der Waals surface area contributed by atoms with Gasteiger partial charge < -0.3 is 29.4 Å². The van der Waals surface area contributed by atoms with Gasteiger partial charge in [-0.1, -0.05) is 18.6 Å². The predicted octanol–water partition coefficient (Wildman–Crippen LogP) is -0.723. The molecule has 1 aliphatic rings. The van der Waals surface area contributed by atoms with E-state index in [9.17, 15) is 0 Å². The van der Waals surface area contributed by atoms with Crippen LogP contribution < -0.4 is 24.8 Å². The summed E-state index contributed by atoms with van der Waals surface area (Å²) >= 11 is 0. The number of fused-ring (bicyclic) bond motifs is 1. The molecule has 1 aromatic heterocycles. The van der Waals surface area contributed by atoms with Gasteiger partial charge in [0.1, 0.15) is 0 Å². The minimum atomic E-state index is 0. The first-order valence-electron chi connectivity index (χ1n) is 7.27.